The Morgan fingerprint density at radius 2 is 2.04 bits per heavy atom. The Kier molecular flexibility index (Phi) is 5.51. The van der Waals surface area contributed by atoms with Crippen LogP contribution in [0.2, 0.25) is 0 Å². The number of allylic oxidation sites excluding steroid dienone is 2. The SMILES string of the molecule is CON=C1C=C(C)C(O)(C#C/C(=C\C(=O)O)C(F)(F)F)C(C)(C)C1. The first-order chi connectivity index (χ1) is 10.8. The summed E-state index contributed by atoms with van der Waals surface area (Å²) in [6, 6.07) is 0. The lowest BCUT2D eigenvalue weighted by molar-refractivity contribution is -0.132. The highest BCUT2D eigenvalue weighted by molar-refractivity contribution is 5.97. The van der Waals surface area contributed by atoms with E-state index in [0.717, 1.165) is 0 Å². The highest BCUT2D eigenvalue weighted by atomic mass is 19.4. The van der Waals surface area contributed by atoms with E-state index in [1.165, 1.54) is 20.1 Å². The van der Waals surface area contributed by atoms with Crippen molar-refractivity contribution < 1.29 is 33.0 Å². The van der Waals surface area contributed by atoms with Gasteiger partial charge in [-0.1, -0.05) is 30.8 Å². The third-order valence-corrected chi connectivity index (χ3v) is 3.72. The van der Waals surface area contributed by atoms with E-state index in [1.807, 2.05) is 0 Å². The number of alkyl halides is 3. The van der Waals surface area contributed by atoms with Gasteiger partial charge in [0.25, 0.3) is 0 Å². The van der Waals surface area contributed by atoms with E-state index >= 15 is 0 Å². The number of hydrogen-bond acceptors (Lipinski definition) is 4. The zero-order chi connectivity index (χ0) is 18.8. The molecule has 1 aliphatic rings. The van der Waals surface area contributed by atoms with Crippen LogP contribution in [0.25, 0.3) is 0 Å². The minimum atomic E-state index is -4.93. The normalized spacial score (nSPS) is 25.6. The highest BCUT2D eigenvalue weighted by Crippen LogP contribution is 2.43. The topological polar surface area (TPSA) is 79.1 Å². The number of rotatable bonds is 2. The molecular formula is C16H18F3NO4. The molecule has 1 atom stereocenters. The molecule has 0 saturated carbocycles. The highest BCUT2D eigenvalue weighted by Gasteiger charge is 2.47. The molecule has 0 spiro atoms. The molecule has 5 nitrogen and oxygen atoms in total. The Balaban J connectivity index is 3.43. The lowest BCUT2D eigenvalue weighted by atomic mass is 9.65. The third kappa shape index (κ3) is 4.17. The Labute approximate surface area is 137 Å². The first-order valence-corrected chi connectivity index (χ1v) is 6.89. The molecule has 0 fully saturated rings. The van der Waals surface area contributed by atoms with E-state index < -0.39 is 28.7 Å². The van der Waals surface area contributed by atoms with Gasteiger partial charge in [0.15, 0.2) is 5.60 Å². The van der Waals surface area contributed by atoms with E-state index in [9.17, 15) is 23.1 Å². The summed E-state index contributed by atoms with van der Waals surface area (Å²) in [7, 11) is 1.36. The van der Waals surface area contributed by atoms with Crippen LogP contribution in [0, 0.1) is 17.3 Å². The number of hydrogen-bond donors (Lipinski definition) is 2. The second kappa shape index (κ2) is 6.69. The van der Waals surface area contributed by atoms with Crippen LogP contribution in [-0.4, -0.2) is 40.8 Å². The van der Waals surface area contributed by atoms with Crippen molar-refractivity contribution in [1.29, 1.82) is 0 Å². The molecule has 8 heteroatoms. The van der Waals surface area contributed by atoms with Crippen molar-refractivity contribution in [3.05, 3.63) is 23.3 Å². The molecule has 0 amide bonds. The summed E-state index contributed by atoms with van der Waals surface area (Å²) >= 11 is 0. The predicted octanol–water partition coefficient (Wildman–Crippen LogP) is 2.67. The summed E-state index contributed by atoms with van der Waals surface area (Å²) in [4.78, 5) is 15.2. The van der Waals surface area contributed by atoms with Crippen LogP contribution in [0.5, 0.6) is 0 Å². The number of carbonyl (C=O) groups is 1. The zero-order valence-electron chi connectivity index (χ0n) is 13.7. The molecule has 0 aliphatic heterocycles. The number of aliphatic carboxylic acids is 1. The molecule has 0 aromatic carbocycles. The van der Waals surface area contributed by atoms with Gasteiger partial charge >= 0.3 is 12.1 Å². The molecule has 132 valence electrons. The molecule has 2 N–H and O–H groups in total. The Morgan fingerprint density at radius 3 is 2.46 bits per heavy atom. The van der Waals surface area contributed by atoms with Crippen LogP contribution in [0.3, 0.4) is 0 Å². The Morgan fingerprint density at radius 1 is 1.46 bits per heavy atom. The van der Waals surface area contributed by atoms with E-state index in [4.69, 9.17) is 5.11 Å². The van der Waals surface area contributed by atoms with Gasteiger partial charge in [0, 0.05) is 17.9 Å². The Bertz CT molecular complexity index is 678. The number of carboxylic acids is 1. The molecule has 1 unspecified atom stereocenters. The molecule has 1 aliphatic carbocycles. The van der Waals surface area contributed by atoms with Gasteiger partial charge in [-0.25, -0.2) is 4.79 Å². The second-order valence-electron chi connectivity index (χ2n) is 6.01. The fraction of sp³-hybridized carbons (Fsp3) is 0.500. The Hall–Kier alpha value is -2.27. The minimum Gasteiger partial charge on any atom is -0.478 e. The van der Waals surface area contributed by atoms with E-state index in [1.54, 1.807) is 19.8 Å². The van der Waals surface area contributed by atoms with Crippen LogP contribution < -0.4 is 0 Å². The maximum atomic E-state index is 12.8. The smallest absolute Gasteiger partial charge is 0.424 e. The monoisotopic (exact) mass is 345 g/mol. The number of aliphatic hydroxyl groups is 1. The van der Waals surface area contributed by atoms with Gasteiger partial charge in [-0.3, -0.25) is 0 Å². The molecule has 0 aromatic rings. The number of carboxylic acid groups (broad SMARTS) is 1. The average Bonchev–Trinajstić information content (AvgIpc) is 2.39. The van der Waals surface area contributed by atoms with E-state index in [0.29, 0.717) is 11.3 Å². The number of halogens is 3. The average molecular weight is 345 g/mol. The molecule has 0 radical (unpaired) electrons. The van der Waals surface area contributed by atoms with Crippen LogP contribution in [-0.2, 0) is 9.63 Å². The summed E-state index contributed by atoms with van der Waals surface area (Å²) in [5.41, 5.74) is -3.57. The van der Waals surface area contributed by atoms with Crippen LogP contribution in [0.1, 0.15) is 27.2 Å². The lowest BCUT2D eigenvalue weighted by Gasteiger charge is -2.42. The van der Waals surface area contributed by atoms with Gasteiger partial charge in [0.05, 0.1) is 5.71 Å². The number of oxime groups is 1. The van der Waals surface area contributed by atoms with Gasteiger partial charge in [-0.2, -0.15) is 13.2 Å². The van der Waals surface area contributed by atoms with Crippen LogP contribution in [0.15, 0.2) is 28.5 Å². The first kappa shape index (κ1) is 19.8. The zero-order valence-corrected chi connectivity index (χ0v) is 13.7. The van der Waals surface area contributed by atoms with Crippen molar-refractivity contribution in [1.82, 2.24) is 0 Å². The maximum Gasteiger partial charge on any atom is 0.424 e. The quantitative estimate of drug-likeness (QED) is 0.458. The van der Waals surface area contributed by atoms with Crippen molar-refractivity contribution in [3.8, 4) is 11.8 Å². The summed E-state index contributed by atoms with van der Waals surface area (Å²) in [6.45, 7) is 4.75. The van der Waals surface area contributed by atoms with Crippen molar-refractivity contribution in [2.45, 2.75) is 39.0 Å². The van der Waals surface area contributed by atoms with Crippen molar-refractivity contribution in [3.63, 3.8) is 0 Å². The van der Waals surface area contributed by atoms with Gasteiger partial charge in [-0.05, 0) is 18.6 Å². The van der Waals surface area contributed by atoms with E-state index in [-0.39, 0.29) is 12.5 Å². The predicted molar refractivity (Wildman–Crippen MR) is 81.1 cm³/mol. The fourth-order valence-electron chi connectivity index (χ4n) is 2.43. The molecule has 0 aromatic heterocycles. The largest absolute Gasteiger partial charge is 0.478 e. The summed E-state index contributed by atoms with van der Waals surface area (Å²) in [6.07, 6.45) is -3.26. The summed E-state index contributed by atoms with van der Waals surface area (Å²) < 4.78 is 38.5. The van der Waals surface area contributed by atoms with Crippen molar-refractivity contribution in [2.75, 3.05) is 7.11 Å². The van der Waals surface area contributed by atoms with Crippen LogP contribution >= 0.6 is 0 Å². The third-order valence-electron chi connectivity index (χ3n) is 3.72. The summed E-state index contributed by atoms with van der Waals surface area (Å²) in [5, 5.41) is 23.2. The standard InChI is InChI=1S/C16H18F3NO4/c1-10-7-12(20-24-4)9-14(2,3)15(10,23)6-5-11(8-13(21)22)16(17,18)19/h7-8,23H,9H2,1-4H3,(H,21,22)/b11-8+,20-12?. The van der Waals surface area contributed by atoms with Crippen molar-refractivity contribution in [2.24, 2.45) is 10.6 Å². The fourth-order valence-corrected chi connectivity index (χ4v) is 2.43. The number of nitrogens with zero attached hydrogens (tertiary/aromatic N) is 1. The molecule has 0 bridgehead atoms. The molecule has 24 heavy (non-hydrogen) atoms. The molecule has 0 heterocycles. The lowest BCUT2D eigenvalue weighted by Crippen LogP contribution is -2.48. The summed E-state index contributed by atoms with van der Waals surface area (Å²) in [5.74, 6) is 2.21. The first-order valence-electron chi connectivity index (χ1n) is 6.89. The maximum absolute atomic E-state index is 12.8. The van der Waals surface area contributed by atoms with Gasteiger partial charge in [-0.15, -0.1) is 0 Å². The minimum absolute atomic E-state index is 0.0248. The van der Waals surface area contributed by atoms with Crippen LogP contribution in [0.4, 0.5) is 13.2 Å². The van der Waals surface area contributed by atoms with Gasteiger partial charge in [0.2, 0.25) is 0 Å². The second-order valence-corrected chi connectivity index (χ2v) is 6.01. The van der Waals surface area contributed by atoms with Gasteiger partial charge < -0.3 is 15.1 Å². The van der Waals surface area contributed by atoms with Gasteiger partial charge in [0.1, 0.15) is 12.7 Å². The molecule has 1 rings (SSSR count). The molecular weight excluding hydrogens is 327 g/mol. The van der Waals surface area contributed by atoms with Crippen molar-refractivity contribution >= 4 is 11.7 Å². The molecule has 0 saturated heterocycles. The van der Waals surface area contributed by atoms with E-state index in [2.05, 4.69) is 15.9 Å².